The van der Waals surface area contributed by atoms with Crippen LogP contribution in [-0.2, 0) is 13.0 Å². The number of likely N-dealkylation sites (tertiary alicyclic amines) is 1. The van der Waals surface area contributed by atoms with Crippen molar-refractivity contribution in [3.63, 3.8) is 0 Å². The second kappa shape index (κ2) is 5.71. The van der Waals surface area contributed by atoms with E-state index in [4.69, 9.17) is 5.26 Å². The zero-order chi connectivity index (χ0) is 16.8. The molecule has 0 atom stereocenters. The van der Waals surface area contributed by atoms with Crippen LogP contribution in [0.5, 0.6) is 0 Å². The van der Waals surface area contributed by atoms with Crippen LogP contribution in [0.15, 0.2) is 4.79 Å². The summed E-state index contributed by atoms with van der Waals surface area (Å²) in [5.41, 5.74) is 0.741. The Morgan fingerprint density at radius 3 is 2.79 bits per heavy atom. The Kier molecular flexibility index (Phi) is 3.65. The molecule has 4 heterocycles. The van der Waals surface area contributed by atoms with Gasteiger partial charge in [0.25, 0.3) is 11.5 Å². The molecule has 0 radical (unpaired) electrons. The minimum Gasteiger partial charge on any atom is -0.338 e. The van der Waals surface area contributed by atoms with Crippen LogP contribution in [0.2, 0.25) is 0 Å². The third-order valence-electron chi connectivity index (χ3n) is 5.07. The molecule has 0 saturated carbocycles. The summed E-state index contributed by atoms with van der Waals surface area (Å²) in [6.07, 6.45) is 3.23. The molecule has 24 heavy (non-hydrogen) atoms. The normalized spacial score (nSPS) is 17.9. The Morgan fingerprint density at radius 1 is 1.33 bits per heavy atom. The fourth-order valence-electron chi connectivity index (χ4n) is 3.63. The third kappa shape index (κ3) is 2.25. The Hall–Kier alpha value is -2.20. The van der Waals surface area contributed by atoms with E-state index in [-0.39, 0.29) is 17.4 Å². The van der Waals surface area contributed by atoms with Crippen molar-refractivity contribution in [2.45, 2.75) is 39.2 Å². The van der Waals surface area contributed by atoms with Gasteiger partial charge >= 0.3 is 0 Å². The van der Waals surface area contributed by atoms with Gasteiger partial charge in [-0.05, 0) is 31.7 Å². The standard InChI is InChI=1S/C17H18N4O2S/c1-10-13-15(19-12-3-2-6-21(12)16(13)22)24-14(10)17(23)20-7-4-11(9-18)5-8-20/h11H,2-8H2,1H3. The Balaban J connectivity index is 1.72. The van der Waals surface area contributed by atoms with Gasteiger partial charge in [0, 0.05) is 32.0 Å². The van der Waals surface area contributed by atoms with Crippen LogP contribution in [0.1, 0.15) is 40.3 Å². The maximum absolute atomic E-state index is 12.9. The van der Waals surface area contributed by atoms with Crippen molar-refractivity contribution in [1.29, 1.82) is 5.26 Å². The van der Waals surface area contributed by atoms with E-state index >= 15 is 0 Å². The van der Waals surface area contributed by atoms with Crippen LogP contribution < -0.4 is 5.56 Å². The maximum atomic E-state index is 12.9. The number of carbonyl (C=O) groups excluding carboxylic acids is 1. The monoisotopic (exact) mass is 342 g/mol. The van der Waals surface area contributed by atoms with Crippen molar-refractivity contribution in [3.8, 4) is 6.07 Å². The third-order valence-corrected chi connectivity index (χ3v) is 6.24. The highest BCUT2D eigenvalue weighted by Gasteiger charge is 2.28. The van der Waals surface area contributed by atoms with Crippen molar-refractivity contribution in [2.24, 2.45) is 5.92 Å². The van der Waals surface area contributed by atoms with Crippen molar-refractivity contribution < 1.29 is 4.79 Å². The van der Waals surface area contributed by atoms with Crippen LogP contribution >= 0.6 is 11.3 Å². The molecule has 1 amide bonds. The number of aryl methyl sites for hydroxylation is 2. The molecule has 0 bridgehead atoms. The van der Waals surface area contributed by atoms with Crippen LogP contribution in [0.4, 0.5) is 0 Å². The first kappa shape index (κ1) is 15.3. The number of nitrogens with zero attached hydrogens (tertiary/aromatic N) is 4. The molecule has 0 aromatic carbocycles. The predicted molar refractivity (Wildman–Crippen MR) is 91.2 cm³/mol. The largest absolute Gasteiger partial charge is 0.338 e. The van der Waals surface area contributed by atoms with E-state index in [1.807, 2.05) is 6.92 Å². The van der Waals surface area contributed by atoms with Gasteiger partial charge in [0.2, 0.25) is 0 Å². The van der Waals surface area contributed by atoms with E-state index in [2.05, 4.69) is 11.1 Å². The summed E-state index contributed by atoms with van der Waals surface area (Å²) in [6, 6.07) is 2.28. The average molecular weight is 342 g/mol. The van der Waals surface area contributed by atoms with Crippen molar-refractivity contribution in [1.82, 2.24) is 14.5 Å². The molecule has 124 valence electrons. The van der Waals surface area contributed by atoms with Gasteiger partial charge in [-0.25, -0.2) is 4.98 Å². The average Bonchev–Trinajstić information content (AvgIpc) is 3.19. The second-order valence-electron chi connectivity index (χ2n) is 6.52. The molecule has 1 saturated heterocycles. The van der Waals surface area contributed by atoms with Crippen LogP contribution in [0.25, 0.3) is 10.2 Å². The van der Waals surface area contributed by atoms with E-state index in [1.165, 1.54) is 11.3 Å². The summed E-state index contributed by atoms with van der Waals surface area (Å²) < 4.78 is 1.74. The molecular formula is C17H18N4O2S. The predicted octanol–water partition coefficient (Wildman–Crippen LogP) is 2.09. The van der Waals surface area contributed by atoms with Crippen molar-refractivity contribution in [2.75, 3.05) is 13.1 Å². The molecule has 2 aromatic heterocycles. The fraction of sp³-hybridized carbons (Fsp3) is 0.529. The number of piperidine rings is 1. The van der Waals surface area contributed by atoms with Gasteiger partial charge < -0.3 is 4.90 Å². The lowest BCUT2D eigenvalue weighted by Crippen LogP contribution is -2.38. The molecule has 2 aliphatic heterocycles. The number of aromatic nitrogens is 2. The van der Waals surface area contributed by atoms with Crippen LogP contribution in [-0.4, -0.2) is 33.4 Å². The first-order valence-corrected chi connectivity index (χ1v) is 9.13. The Bertz CT molecular complexity index is 929. The number of carbonyl (C=O) groups is 1. The van der Waals surface area contributed by atoms with Gasteiger partial charge in [0.15, 0.2) is 0 Å². The van der Waals surface area contributed by atoms with E-state index in [1.54, 1.807) is 9.47 Å². The van der Waals surface area contributed by atoms with Gasteiger partial charge in [0.05, 0.1) is 16.3 Å². The molecule has 0 N–H and O–H groups in total. The molecule has 7 heteroatoms. The van der Waals surface area contributed by atoms with Crippen LogP contribution in [0, 0.1) is 24.2 Å². The lowest BCUT2D eigenvalue weighted by atomic mass is 9.98. The van der Waals surface area contributed by atoms with Gasteiger partial charge in [-0.3, -0.25) is 14.2 Å². The smallest absolute Gasteiger partial charge is 0.264 e. The molecule has 6 nitrogen and oxygen atoms in total. The van der Waals surface area contributed by atoms with Gasteiger partial charge in [-0.2, -0.15) is 5.26 Å². The number of rotatable bonds is 1. The van der Waals surface area contributed by atoms with Crippen molar-refractivity contribution >= 4 is 27.5 Å². The lowest BCUT2D eigenvalue weighted by molar-refractivity contribution is 0.0711. The van der Waals surface area contributed by atoms with Gasteiger partial charge in [-0.1, -0.05) is 0 Å². The molecule has 2 aliphatic rings. The molecule has 1 fully saturated rings. The Labute approximate surface area is 143 Å². The molecule has 0 unspecified atom stereocenters. The lowest BCUT2D eigenvalue weighted by Gasteiger charge is -2.28. The second-order valence-corrected chi connectivity index (χ2v) is 7.52. The van der Waals surface area contributed by atoms with E-state index in [0.717, 1.165) is 43.6 Å². The minimum absolute atomic E-state index is 0.0107. The van der Waals surface area contributed by atoms with E-state index < -0.39 is 0 Å². The van der Waals surface area contributed by atoms with E-state index in [9.17, 15) is 9.59 Å². The highest BCUT2D eigenvalue weighted by Crippen LogP contribution is 2.30. The first-order chi connectivity index (χ1) is 11.6. The van der Waals surface area contributed by atoms with Gasteiger partial charge in [-0.15, -0.1) is 11.3 Å². The topological polar surface area (TPSA) is 79.0 Å². The Morgan fingerprint density at radius 2 is 2.08 bits per heavy atom. The first-order valence-electron chi connectivity index (χ1n) is 8.32. The fourth-order valence-corrected chi connectivity index (χ4v) is 4.79. The van der Waals surface area contributed by atoms with E-state index in [0.29, 0.717) is 28.2 Å². The number of nitriles is 1. The zero-order valence-corrected chi connectivity index (χ0v) is 14.4. The number of amides is 1. The summed E-state index contributed by atoms with van der Waals surface area (Å²) in [7, 11) is 0. The molecule has 4 rings (SSSR count). The van der Waals surface area contributed by atoms with Crippen LogP contribution in [0.3, 0.4) is 0 Å². The van der Waals surface area contributed by atoms with Gasteiger partial charge in [0.1, 0.15) is 10.7 Å². The highest BCUT2D eigenvalue weighted by atomic mass is 32.1. The van der Waals surface area contributed by atoms with Crippen molar-refractivity contribution in [3.05, 3.63) is 26.6 Å². The molecular weight excluding hydrogens is 324 g/mol. The number of thiophene rings is 1. The summed E-state index contributed by atoms with van der Waals surface area (Å²) in [5.74, 6) is 0.853. The number of fused-ring (bicyclic) bond motifs is 2. The zero-order valence-electron chi connectivity index (χ0n) is 13.5. The minimum atomic E-state index is -0.0311. The quantitative estimate of drug-likeness (QED) is 0.795. The summed E-state index contributed by atoms with van der Waals surface area (Å²) in [4.78, 5) is 33.3. The number of hydrogen-bond donors (Lipinski definition) is 0. The summed E-state index contributed by atoms with van der Waals surface area (Å²) in [5, 5.41) is 9.59. The molecule has 2 aromatic rings. The highest BCUT2D eigenvalue weighted by molar-refractivity contribution is 7.20. The molecule has 0 aliphatic carbocycles. The summed E-state index contributed by atoms with van der Waals surface area (Å²) >= 11 is 1.33. The SMILES string of the molecule is Cc1c(C(=O)N2CCC(C#N)CC2)sc2nc3n(c(=O)c12)CCC3. The molecule has 0 spiro atoms. The number of hydrogen-bond acceptors (Lipinski definition) is 5. The summed E-state index contributed by atoms with van der Waals surface area (Å²) in [6.45, 7) is 3.78. The maximum Gasteiger partial charge on any atom is 0.264 e.